The predicted octanol–water partition coefficient (Wildman–Crippen LogP) is 1.80. The molecule has 1 aromatic carbocycles. The smallest absolute Gasteiger partial charge is 0.110 e. The molecule has 4 atom stereocenters. The fourth-order valence-electron chi connectivity index (χ4n) is 4.39. The Morgan fingerprint density at radius 2 is 1.84 bits per heavy atom. The molecule has 31 heavy (non-hydrogen) atoms. The highest BCUT2D eigenvalue weighted by Crippen LogP contribution is 2.34. The Balaban J connectivity index is 1.16. The van der Waals surface area contributed by atoms with Gasteiger partial charge in [0.2, 0.25) is 0 Å². The van der Waals surface area contributed by atoms with Crippen LogP contribution in [0.3, 0.4) is 0 Å². The maximum atomic E-state index is 6.11. The average molecular weight is 421 g/mol. The molecule has 0 amide bonds. The van der Waals surface area contributed by atoms with E-state index in [0.29, 0.717) is 19.8 Å². The number of rotatable bonds is 8. The SMILES string of the molecule is CN(Cc1ccccc1)Cc1cn(C2COC3C(NCc4ccccn4)COC32)nn1. The second-order valence-corrected chi connectivity index (χ2v) is 8.32. The Kier molecular flexibility index (Phi) is 6.04. The lowest BCUT2D eigenvalue weighted by Crippen LogP contribution is -2.40. The first-order chi connectivity index (χ1) is 15.3. The van der Waals surface area contributed by atoms with Crippen LogP contribution in [0.15, 0.2) is 60.9 Å². The van der Waals surface area contributed by atoms with Crippen LogP contribution in [0.2, 0.25) is 0 Å². The normalized spacial score (nSPS) is 25.2. The number of ether oxygens (including phenoxy) is 2. The molecular weight excluding hydrogens is 392 g/mol. The molecule has 162 valence electrons. The zero-order valence-corrected chi connectivity index (χ0v) is 17.7. The van der Waals surface area contributed by atoms with Crippen LogP contribution in [-0.2, 0) is 29.1 Å². The van der Waals surface area contributed by atoms with Gasteiger partial charge in [0.05, 0.1) is 36.8 Å². The molecule has 4 heterocycles. The minimum atomic E-state index is -0.0159. The van der Waals surface area contributed by atoms with Crippen LogP contribution in [0.5, 0.6) is 0 Å². The highest BCUT2D eigenvalue weighted by molar-refractivity contribution is 5.14. The molecule has 2 aliphatic heterocycles. The number of pyridine rings is 1. The van der Waals surface area contributed by atoms with Crippen LogP contribution in [0.1, 0.15) is 23.0 Å². The highest BCUT2D eigenvalue weighted by Gasteiger charge is 2.48. The molecule has 8 nitrogen and oxygen atoms in total. The minimum Gasteiger partial charge on any atom is -0.371 e. The maximum Gasteiger partial charge on any atom is 0.110 e. The summed E-state index contributed by atoms with van der Waals surface area (Å²) in [7, 11) is 2.10. The molecule has 8 heteroatoms. The molecule has 3 aromatic rings. The van der Waals surface area contributed by atoms with E-state index < -0.39 is 0 Å². The van der Waals surface area contributed by atoms with Crippen molar-refractivity contribution in [1.29, 1.82) is 0 Å². The van der Waals surface area contributed by atoms with Crippen molar-refractivity contribution in [2.24, 2.45) is 0 Å². The molecule has 2 aromatic heterocycles. The molecule has 2 fully saturated rings. The van der Waals surface area contributed by atoms with Crippen molar-refractivity contribution in [3.63, 3.8) is 0 Å². The van der Waals surface area contributed by atoms with Gasteiger partial charge < -0.3 is 14.8 Å². The van der Waals surface area contributed by atoms with Gasteiger partial charge in [0, 0.05) is 25.8 Å². The zero-order chi connectivity index (χ0) is 21.0. The lowest BCUT2D eigenvalue weighted by molar-refractivity contribution is 0.0619. The van der Waals surface area contributed by atoms with Gasteiger partial charge in [0.1, 0.15) is 18.2 Å². The van der Waals surface area contributed by atoms with E-state index in [1.54, 1.807) is 0 Å². The van der Waals surface area contributed by atoms with Crippen molar-refractivity contribution in [2.75, 3.05) is 20.3 Å². The summed E-state index contributed by atoms with van der Waals surface area (Å²) >= 11 is 0. The first-order valence-electron chi connectivity index (χ1n) is 10.8. The van der Waals surface area contributed by atoms with Crippen LogP contribution < -0.4 is 5.32 Å². The van der Waals surface area contributed by atoms with Crippen molar-refractivity contribution >= 4 is 0 Å². The molecule has 0 spiro atoms. The number of fused-ring (bicyclic) bond motifs is 1. The van der Waals surface area contributed by atoms with E-state index in [-0.39, 0.29) is 24.3 Å². The quantitative estimate of drug-likeness (QED) is 0.595. The number of hydrogen-bond acceptors (Lipinski definition) is 7. The molecule has 0 bridgehead atoms. The molecule has 2 aliphatic rings. The van der Waals surface area contributed by atoms with Gasteiger partial charge in [-0.15, -0.1) is 5.10 Å². The lowest BCUT2D eigenvalue weighted by Gasteiger charge is -2.17. The second-order valence-electron chi connectivity index (χ2n) is 8.32. The van der Waals surface area contributed by atoms with E-state index in [4.69, 9.17) is 9.47 Å². The van der Waals surface area contributed by atoms with E-state index in [1.807, 2.05) is 41.3 Å². The second kappa shape index (κ2) is 9.23. The van der Waals surface area contributed by atoms with Crippen molar-refractivity contribution < 1.29 is 9.47 Å². The van der Waals surface area contributed by atoms with Crippen molar-refractivity contribution in [3.8, 4) is 0 Å². The summed E-state index contributed by atoms with van der Waals surface area (Å²) in [6, 6.07) is 16.6. The third-order valence-corrected chi connectivity index (χ3v) is 5.92. The summed E-state index contributed by atoms with van der Waals surface area (Å²) in [6.07, 6.45) is 3.84. The summed E-state index contributed by atoms with van der Waals surface area (Å²) in [5.74, 6) is 0. The molecule has 2 saturated heterocycles. The van der Waals surface area contributed by atoms with Crippen LogP contribution in [-0.4, -0.2) is 63.4 Å². The fraction of sp³-hybridized carbons (Fsp3) is 0.435. The molecule has 4 unspecified atom stereocenters. The van der Waals surface area contributed by atoms with E-state index in [2.05, 4.69) is 56.8 Å². The maximum absolute atomic E-state index is 6.11. The summed E-state index contributed by atoms with van der Waals surface area (Å²) in [6.45, 7) is 3.52. The monoisotopic (exact) mass is 420 g/mol. The standard InChI is InChI=1S/C23H28N6O2/c1-28(12-17-7-3-2-4-8-17)13-19-14-29(27-26-19)21-16-31-22-20(15-30-23(21)22)25-11-18-9-5-6-10-24-18/h2-10,14,20-23,25H,11-13,15-16H2,1H3. The van der Waals surface area contributed by atoms with Gasteiger partial charge in [-0.1, -0.05) is 41.6 Å². The minimum absolute atomic E-state index is 0.0158. The summed E-state index contributed by atoms with van der Waals surface area (Å²) < 4.78 is 14.1. The first-order valence-corrected chi connectivity index (χ1v) is 10.8. The Bertz CT molecular complexity index is 966. The lowest BCUT2D eigenvalue weighted by atomic mass is 10.1. The van der Waals surface area contributed by atoms with E-state index in [9.17, 15) is 0 Å². The van der Waals surface area contributed by atoms with Crippen molar-refractivity contribution in [2.45, 2.75) is 43.9 Å². The van der Waals surface area contributed by atoms with Gasteiger partial charge in [0.15, 0.2) is 0 Å². The largest absolute Gasteiger partial charge is 0.371 e. The highest BCUT2D eigenvalue weighted by atomic mass is 16.6. The van der Waals surface area contributed by atoms with Crippen molar-refractivity contribution in [1.82, 2.24) is 30.2 Å². The van der Waals surface area contributed by atoms with Gasteiger partial charge >= 0.3 is 0 Å². The number of benzene rings is 1. The topological polar surface area (TPSA) is 77.3 Å². The van der Waals surface area contributed by atoms with Gasteiger partial charge in [-0.25, -0.2) is 4.68 Å². The van der Waals surface area contributed by atoms with Gasteiger partial charge in [-0.3, -0.25) is 9.88 Å². The average Bonchev–Trinajstić information content (AvgIpc) is 3.51. The van der Waals surface area contributed by atoms with E-state index in [1.165, 1.54) is 5.56 Å². The third kappa shape index (κ3) is 4.67. The summed E-state index contributed by atoms with van der Waals surface area (Å²) in [4.78, 5) is 6.61. The molecular formula is C23H28N6O2. The molecule has 0 radical (unpaired) electrons. The van der Waals surface area contributed by atoms with Crippen LogP contribution in [0.4, 0.5) is 0 Å². The predicted molar refractivity (Wildman–Crippen MR) is 115 cm³/mol. The molecule has 5 rings (SSSR count). The zero-order valence-electron chi connectivity index (χ0n) is 17.7. The molecule has 1 N–H and O–H groups in total. The Labute approximate surface area is 182 Å². The number of hydrogen-bond donors (Lipinski definition) is 1. The van der Waals surface area contributed by atoms with E-state index in [0.717, 1.165) is 24.5 Å². The number of aromatic nitrogens is 4. The van der Waals surface area contributed by atoms with Crippen molar-refractivity contribution in [3.05, 3.63) is 77.9 Å². The van der Waals surface area contributed by atoms with Gasteiger partial charge in [0.25, 0.3) is 0 Å². The van der Waals surface area contributed by atoms with Crippen LogP contribution >= 0.6 is 0 Å². The van der Waals surface area contributed by atoms with E-state index >= 15 is 0 Å². The number of nitrogens with one attached hydrogen (secondary N) is 1. The van der Waals surface area contributed by atoms with Gasteiger partial charge in [-0.05, 0) is 24.7 Å². The van der Waals surface area contributed by atoms with Gasteiger partial charge in [-0.2, -0.15) is 0 Å². The van der Waals surface area contributed by atoms with Crippen LogP contribution in [0.25, 0.3) is 0 Å². The Hall–Kier alpha value is -2.65. The fourth-order valence-corrected chi connectivity index (χ4v) is 4.39. The summed E-state index contributed by atoms with van der Waals surface area (Å²) in [5.41, 5.74) is 3.25. The number of nitrogens with zero attached hydrogens (tertiary/aromatic N) is 5. The molecule has 0 aliphatic carbocycles. The third-order valence-electron chi connectivity index (χ3n) is 5.92. The molecule has 0 saturated carbocycles. The first kappa shape index (κ1) is 20.3. The summed E-state index contributed by atoms with van der Waals surface area (Å²) in [5, 5.41) is 12.3. The van der Waals surface area contributed by atoms with Crippen LogP contribution in [0, 0.1) is 0 Å². The Morgan fingerprint density at radius 1 is 1.00 bits per heavy atom. The Morgan fingerprint density at radius 3 is 2.68 bits per heavy atom.